The number of halogens is 7. The van der Waals surface area contributed by atoms with Crippen molar-refractivity contribution < 1.29 is 77.5 Å². The molecule has 0 aliphatic carbocycles. The minimum Gasteiger partial charge on any atom is -0.449 e. The summed E-state index contributed by atoms with van der Waals surface area (Å²) >= 11 is 5.26. The molecule has 17 heavy (non-hydrogen) atoms. The molecule has 0 amide bonds. The Labute approximate surface area is 141 Å². The molecule has 0 heterocycles. The summed E-state index contributed by atoms with van der Waals surface area (Å²) in [4.78, 5) is 0. The quantitative estimate of drug-likeness (QED) is 0.570. The van der Waals surface area contributed by atoms with Crippen molar-refractivity contribution in [3.05, 3.63) is 34.3 Å². The van der Waals surface area contributed by atoms with Crippen LogP contribution in [0.3, 0.4) is 0 Å². The fourth-order valence-corrected chi connectivity index (χ4v) is 1.41. The van der Waals surface area contributed by atoms with E-state index < -0.39 is 35.6 Å². The molecule has 0 saturated heterocycles. The van der Waals surface area contributed by atoms with Crippen molar-refractivity contribution in [2.75, 3.05) is 0 Å². The molecule has 90 valence electrons. The second kappa shape index (κ2) is 6.29. The molecule has 1 rings (SSSR count). The topological polar surface area (TPSA) is 0 Å². The maximum absolute atomic E-state index is 12.3. The van der Waals surface area contributed by atoms with E-state index in [4.69, 9.17) is 11.6 Å². The van der Waals surface area contributed by atoms with Crippen LogP contribution in [0.25, 0.3) is 0 Å². The standard InChI is InChI=1S/C8H5BClF6.K/c10-7-2-1-5(4-9(14,15)16)3-6(7)8(11,12)13;/h1-3H,4H2;/q-1;+1. The SMILES string of the molecule is F[B-](F)(F)Cc1ccc(Cl)c(C(F)(F)F)c1.[K+]. The Morgan fingerprint density at radius 2 is 1.65 bits per heavy atom. The maximum Gasteiger partial charge on any atom is 1.00 e. The van der Waals surface area contributed by atoms with Gasteiger partial charge < -0.3 is 12.9 Å². The first kappa shape index (κ1) is 17.8. The van der Waals surface area contributed by atoms with E-state index in [0.29, 0.717) is 6.07 Å². The molecule has 1 aromatic rings. The van der Waals surface area contributed by atoms with E-state index in [1.54, 1.807) is 0 Å². The molecule has 0 bridgehead atoms. The number of rotatable bonds is 2. The molecule has 0 unspecified atom stereocenters. The van der Waals surface area contributed by atoms with Gasteiger partial charge in [0, 0.05) is 0 Å². The van der Waals surface area contributed by atoms with Crippen LogP contribution in [0.4, 0.5) is 26.1 Å². The average Bonchev–Trinajstić information content (AvgIpc) is 2.04. The third kappa shape index (κ3) is 5.98. The zero-order chi connectivity index (χ0) is 12.6. The van der Waals surface area contributed by atoms with Gasteiger partial charge in [0.25, 0.3) is 0 Å². The first-order valence-electron chi connectivity index (χ1n) is 4.16. The van der Waals surface area contributed by atoms with E-state index in [2.05, 4.69) is 0 Å². The second-order valence-corrected chi connectivity index (χ2v) is 3.63. The monoisotopic (exact) mass is 300 g/mol. The average molecular weight is 300 g/mol. The van der Waals surface area contributed by atoms with Gasteiger partial charge in [0.15, 0.2) is 0 Å². The van der Waals surface area contributed by atoms with Crippen molar-refractivity contribution >= 4 is 18.6 Å². The van der Waals surface area contributed by atoms with Crippen molar-refractivity contribution in [3.8, 4) is 0 Å². The summed E-state index contributed by atoms with van der Waals surface area (Å²) in [6.45, 7) is -5.16. The Balaban J connectivity index is 0.00000256. The van der Waals surface area contributed by atoms with Crippen LogP contribution in [0.15, 0.2) is 18.2 Å². The van der Waals surface area contributed by atoms with Crippen LogP contribution in [0.2, 0.25) is 5.02 Å². The van der Waals surface area contributed by atoms with E-state index in [1.165, 1.54) is 0 Å². The summed E-state index contributed by atoms with van der Waals surface area (Å²) in [5.74, 6) is 0. The van der Waals surface area contributed by atoms with E-state index in [-0.39, 0.29) is 51.4 Å². The molecule has 0 atom stereocenters. The van der Waals surface area contributed by atoms with Crippen molar-refractivity contribution in [1.82, 2.24) is 0 Å². The predicted molar refractivity (Wildman–Crippen MR) is 49.2 cm³/mol. The zero-order valence-corrected chi connectivity index (χ0v) is 12.5. The number of hydrogen-bond acceptors (Lipinski definition) is 0. The smallest absolute Gasteiger partial charge is 0.449 e. The van der Waals surface area contributed by atoms with Gasteiger partial charge >= 0.3 is 64.5 Å². The summed E-state index contributed by atoms with van der Waals surface area (Å²) in [5, 5.41) is -0.606. The van der Waals surface area contributed by atoms with Crippen molar-refractivity contribution in [3.63, 3.8) is 0 Å². The zero-order valence-electron chi connectivity index (χ0n) is 8.66. The molecule has 0 nitrogen and oxygen atoms in total. The Kier molecular flexibility index (Phi) is 6.59. The molecular formula is C8H5BClF6K. The Morgan fingerprint density at radius 3 is 2.06 bits per heavy atom. The minimum atomic E-state index is -5.16. The molecule has 0 aliphatic rings. The Bertz CT molecular complexity index is 389. The van der Waals surface area contributed by atoms with E-state index in [0.717, 1.165) is 12.1 Å². The molecule has 1 aromatic carbocycles. The van der Waals surface area contributed by atoms with Gasteiger partial charge in [-0.2, -0.15) is 13.2 Å². The summed E-state index contributed by atoms with van der Waals surface area (Å²) in [5.41, 5.74) is -1.68. The van der Waals surface area contributed by atoms with Crippen LogP contribution in [0.5, 0.6) is 0 Å². The van der Waals surface area contributed by atoms with Crippen molar-refractivity contribution in [2.45, 2.75) is 12.5 Å². The fraction of sp³-hybridized carbons (Fsp3) is 0.250. The fourth-order valence-electron chi connectivity index (χ4n) is 1.18. The molecule has 0 saturated carbocycles. The molecule has 0 spiro atoms. The number of hydrogen-bond donors (Lipinski definition) is 0. The van der Waals surface area contributed by atoms with Gasteiger partial charge in [0.1, 0.15) is 0 Å². The minimum absolute atomic E-state index is 0. The molecule has 0 aromatic heterocycles. The predicted octanol–water partition coefficient (Wildman–Crippen LogP) is 1.29. The first-order valence-corrected chi connectivity index (χ1v) is 4.54. The van der Waals surface area contributed by atoms with Gasteiger partial charge in [-0.15, -0.1) is 0 Å². The van der Waals surface area contributed by atoms with Gasteiger partial charge in [0.05, 0.1) is 10.6 Å². The van der Waals surface area contributed by atoms with Crippen molar-refractivity contribution in [2.24, 2.45) is 0 Å². The van der Waals surface area contributed by atoms with Gasteiger partial charge in [-0.25, -0.2) is 0 Å². The van der Waals surface area contributed by atoms with E-state index in [1.807, 2.05) is 0 Å². The van der Waals surface area contributed by atoms with Gasteiger partial charge in [-0.3, -0.25) is 0 Å². The van der Waals surface area contributed by atoms with E-state index in [9.17, 15) is 26.1 Å². The first-order chi connectivity index (χ1) is 7.09. The third-order valence-electron chi connectivity index (χ3n) is 1.80. The molecule has 9 heteroatoms. The van der Waals surface area contributed by atoms with Crippen molar-refractivity contribution in [1.29, 1.82) is 0 Å². The molecular weight excluding hydrogens is 295 g/mol. The van der Waals surface area contributed by atoms with Crippen LogP contribution in [-0.2, 0) is 12.5 Å². The van der Waals surface area contributed by atoms with Crippen LogP contribution in [0, 0.1) is 0 Å². The summed E-state index contributed by atoms with van der Waals surface area (Å²) < 4.78 is 73.0. The van der Waals surface area contributed by atoms with E-state index >= 15 is 0 Å². The number of alkyl halides is 3. The van der Waals surface area contributed by atoms with Gasteiger partial charge in [-0.05, 0) is 12.1 Å². The summed E-state index contributed by atoms with van der Waals surface area (Å²) in [7, 11) is 0. The van der Waals surface area contributed by atoms with Crippen LogP contribution >= 0.6 is 11.6 Å². The summed E-state index contributed by atoms with van der Waals surface area (Å²) in [6.07, 6.45) is -6.09. The number of benzene rings is 1. The Hall–Kier alpha value is 0.791. The van der Waals surface area contributed by atoms with Crippen LogP contribution in [0.1, 0.15) is 11.1 Å². The van der Waals surface area contributed by atoms with Crippen LogP contribution in [-0.4, -0.2) is 6.98 Å². The molecule has 0 radical (unpaired) electrons. The second-order valence-electron chi connectivity index (χ2n) is 3.23. The normalized spacial score (nSPS) is 12.2. The van der Waals surface area contributed by atoms with Gasteiger partial charge in [0.2, 0.25) is 0 Å². The van der Waals surface area contributed by atoms with Gasteiger partial charge in [-0.1, -0.05) is 29.6 Å². The van der Waals surface area contributed by atoms with Crippen LogP contribution < -0.4 is 51.4 Å². The molecule has 0 aliphatic heterocycles. The molecule has 0 fully saturated rings. The third-order valence-corrected chi connectivity index (χ3v) is 2.13. The molecule has 0 N–H and O–H groups in total. The Morgan fingerprint density at radius 1 is 1.12 bits per heavy atom. The largest absolute Gasteiger partial charge is 1.00 e. The maximum atomic E-state index is 12.3. The summed E-state index contributed by atoms with van der Waals surface area (Å²) in [6, 6.07) is 2.19.